The van der Waals surface area contributed by atoms with Crippen molar-refractivity contribution in [2.24, 2.45) is 5.92 Å². The van der Waals surface area contributed by atoms with Crippen molar-refractivity contribution in [3.05, 3.63) is 53.6 Å². The molecular weight excluding hydrogens is 434 g/mol. The number of nitrogens with zero attached hydrogens (tertiary/aromatic N) is 2. The van der Waals surface area contributed by atoms with E-state index in [9.17, 15) is 14.7 Å². The van der Waals surface area contributed by atoms with E-state index in [1.54, 1.807) is 20.2 Å². The second kappa shape index (κ2) is 9.93. The number of amides is 3. The molecule has 3 amide bonds. The Labute approximate surface area is 200 Å². The first-order valence-electron chi connectivity index (χ1n) is 11.8. The zero-order valence-electron chi connectivity index (χ0n) is 20.0. The van der Waals surface area contributed by atoms with Gasteiger partial charge < -0.3 is 19.9 Å². The van der Waals surface area contributed by atoms with Crippen molar-refractivity contribution in [2.45, 2.75) is 38.3 Å². The summed E-state index contributed by atoms with van der Waals surface area (Å²) < 4.78 is 10.9. The number of likely N-dealkylation sites (N-methyl/N-ethyl adjacent to an activating group) is 1. The normalized spacial score (nSPS) is 21.6. The van der Waals surface area contributed by atoms with E-state index >= 15 is 0 Å². The number of phenols is 1. The largest absolute Gasteiger partial charge is 0.504 e. The number of ether oxygens (including phenoxy) is 2. The van der Waals surface area contributed by atoms with Crippen LogP contribution in [0, 0.1) is 5.92 Å². The van der Waals surface area contributed by atoms with Gasteiger partial charge in [0.1, 0.15) is 11.3 Å². The molecule has 2 aliphatic heterocycles. The van der Waals surface area contributed by atoms with E-state index in [-0.39, 0.29) is 23.6 Å². The fraction of sp³-hybridized carbons (Fsp3) is 0.462. The molecule has 0 radical (unpaired) electrons. The van der Waals surface area contributed by atoms with Crippen LogP contribution < -0.4 is 14.8 Å². The highest BCUT2D eigenvalue weighted by atomic mass is 16.5. The lowest BCUT2D eigenvalue weighted by Gasteiger charge is -2.41. The van der Waals surface area contributed by atoms with Gasteiger partial charge in [-0.05, 0) is 74.2 Å². The molecule has 0 bridgehead atoms. The van der Waals surface area contributed by atoms with Crippen molar-refractivity contribution in [1.29, 1.82) is 0 Å². The minimum atomic E-state index is -0.953. The predicted octanol–water partition coefficient (Wildman–Crippen LogP) is 3.17. The van der Waals surface area contributed by atoms with Crippen LogP contribution in [0.15, 0.2) is 42.5 Å². The lowest BCUT2D eigenvalue weighted by molar-refractivity contribution is -0.133. The number of piperidine rings is 1. The van der Waals surface area contributed by atoms with Gasteiger partial charge in [-0.15, -0.1) is 0 Å². The number of aromatic hydroxyl groups is 1. The number of imide groups is 1. The van der Waals surface area contributed by atoms with Crippen LogP contribution in [0.5, 0.6) is 17.2 Å². The third-order valence-corrected chi connectivity index (χ3v) is 6.95. The summed E-state index contributed by atoms with van der Waals surface area (Å²) in [6.45, 7) is 4.73. The molecule has 2 N–H and O–H groups in total. The molecule has 0 aromatic heterocycles. The standard InChI is InChI=1S/C26H33N3O5/c1-4-34-23-15-19(8-9-22(23)30)17-29-12-10-20(11-13-29)26(24(31)28(2)25(32)27-26)16-18-6-5-7-21(14-18)33-3/h5-9,14-15,20,30H,4,10-13,16-17H2,1-3H3,(H,27,32). The number of rotatable bonds is 8. The van der Waals surface area contributed by atoms with Crippen molar-refractivity contribution in [2.75, 3.05) is 33.9 Å². The Hall–Kier alpha value is -3.26. The molecular formula is C26H33N3O5. The van der Waals surface area contributed by atoms with Crippen molar-refractivity contribution in [3.63, 3.8) is 0 Å². The SMILES string of the molecule is CCOc1cc(CN2CCC(C3(Cc4cccc(OC)c4)NC(=O)N(C)C3=O)CC2)ccc1O. The van der Waals surface area contributed by atoms with Gasteiger partial charge in [0.2, 0.25) is 0 Å². The average Bonchev–Trinajstić information content (AvgIpc) is 3.06. The van der Waals surface area contributed by atoms with Crippen LogP contribution >= 0.6 is 0 Å². The molecule has 8 nitrogen and oxygen atoms in total. The van der Waals surface area contributed by atoms with E-state index in [0.29, 0.717) is 18.8 Å². The number of carbonyl (C=O) groups excluding carboxylic acids is 2. The first-order chi connectivity index (χ1) is 16.4. The Morgan fingerprint density at radius 1 is 1.12 bits per heavy atom. The van der Waals surface area contributed by atoms with Crippen molar-refractivity contribution < 1.29 is 24.2 Å². The molecule has 2 heterocycles. The molecule has 2 aliphatic rings. The zero-order valence-corrected chi connectivity index (χ0v) is 20.0. The third-order valence-electron chi connectivity index (χ3n) is 6.95. The summed E-state index contributed by atoms with van der Waals surface area (Å²) in [4.78, 5) is 29.4. The van der Waals surface area contributed by atoms with E-state index < -0.39 is 5.54 Å². The molecule has 2 aromatic carbocycles. The number of likely N-dealkylation sites (tertiary alicyclic amines) is 1. The maximum atomic E-state index is 13.4. The molecule has 2 saturated heterocycles. The van der Waals surface area contributed by atoms with Crippen LogP contribution in [-0.4, -0.2) is 66.2 Å². The summed E-state index contributed by atoms with van der Waals surface area (Å²) >= 11 is 0. The number of methoxy groups -OCH3 is 1. The van der Waals surface area contributed by atoms with Gasteiger partial charge in [0.05, 0.1) is 13.7 Å². The van der Waals surface area contributed by atoms with Crippen molar-refractivity contribution in [3.8, 4) is 17.2 Å². The molecule has 2 aromatic rings. The Kier molecular flexibility index (Phi) is 6.97. The fourth-order valence-electron chi connectivity index (χ4n) is 5.13. The van der Waals surface area contributed by atoms with Crippen LogP contribution in [0.4, 0.5) is 4.79 Å². The monoisotopic (exact) mass is 467 g/mol. The summed E-state index contributed by atoms with van der Waals surface area (Å²) in [5, 5.41) is 13.0. The smallest absolute Gasteiger partial charge is 0.324 e. The van der Waals surface area contributed by atoms with Gasteiger partial charge in [-0.25, -0.2) is 4.79 Å². The highest BCUT2D eigenvalue weighted by Gasteiger charge is 2.54. The number of carbonyl (C=O) groups is 2. The van der Waals surface area contributed by atoms with Gasteiger partial charge in [0, 0.05) is 20.0 Å². The van der Waals surface area contributed by atoms with Gasteiger partial charge in [0.15, 0.2) is 11.5 Å². The van der Waals surface area contributed by atoms with Gasteiger partial charge in [-0.1, -0.05) is 18.2 Å². The maximum Gasteiger partial charge on any atom is 0.324 e. The van der Waals surface area contributed by atoms with Crippen LogP contribution in [0.1, 0.15) is 30.9 Å². The molecule has 0 spiro atoms. The van der Waals surface area contributed by atoms with E-state index in [4.69, 9.17) is 9.47 Å². The summed E-state index contributed by atoms with van der Waals surface area (Å²) in [6, 6.07) is 12.8. The maximum absolute atomic E-state index is 13.4. The number of benzene rings is 2. The first kappa shape index (κ1) is 23.9. The third kappa shape index (κ3) is 4.68. The minimum absolute atomic E-state index is 0.0233. The van der Waals surface area contributed by atoms with E-state index in [2.05, 4.69) is 10.2 Å². The van der Waals surface area contributed by atoms with Crippen LogP contribution in [0.2, 0.25) is 0 Å². The number of nitrogens with one attached hydrogen (secondary N) is 1. The van der Waals surface area contributed by atoms with Gasteiger partial charge in [-0.3, -0.25) is 14.6 Å². The second-order valence-electron chi connectivity index (χ2n) is 9.08. The molecule has 4 rings (SSSR count). The molecule has 34 heavy (non-hydrogen) atoms. The van der Waals surface area contributed by atoms with Crippen molar-refractivity contribution in [1.82, 2.24) is 15.1 Å². The molecule has 0 saturated carbocycles. The van der Waals surface area contributed by atoms with Gasteiger partial charge >= 0.3 is 6.03 Å². The molecule has 1 unspecified atom stereocenters. The molecule has 2 fully saturated rings. The van der Waals surface area contributed by atoms with Crippen LogP contribution in [-0.2, 0) is 17.8 Å². The molecule has 0 aliphatic carbocycles. The molecule has 1 atom stereocenters. The number of urea groups is 1. The Bertz CT molecular complexity index is 1050. The highest BCUT2D eigenvalue weighted by Crippen LogP contribution is 2.37. The quantitative estimate of drug-likeness (QED) is 0.580. The molecule has 8 heteroatoms. The second-order valence-corrected chi connectivity index (χ2v) is 9.08. The zero-order chi connectivity index (χ0) is 24.3. The fourth-order valence-corrected chi connectivity index (χ4v) is 5.13. The lowest BCUT2D eigenvalue weighted by atomic mass is 9.74. The lowest BCUT2D eigenvalue weighted by Crippen LogP contribution is -2.57. The van der Waals surface area contributed by atoms with E-state index in [0.717, 1.165) is 49.4 Å². The van der Waals surface area contributed by atoms with Crippen molar-refractivity contribution >= 4 is 11.9 Å². The van der Waals surface area contributed by atoms with Crippen LogP contribution in [0.3, 0.4) is 0 Å². The highest BCUT2D eigenvalue weighted by molar-refractivity contribution is 6.07. The van der Waals surface area contributed by atoms with E-state index in [1.165, 1.54) is 4.90 Å². The number of phenolic OH excluding ortho intramolecular Hbond substituents is 1. The van der Waals surface area contributed by atoms with Gasteiger partial charge in [0.25, 0.3) is 5.91 Å². The van der Waals surface area contributed by atoms with Crippen LogP contribution in [0.25, 0.3) is 0 Å². The summed E-state index contributed by atoms with van der Waals surface area (Å²) in [7, 11) is 3.16. The Morgan fingerprint density at radius 3 is 2.53 bits per heavy atom. The summed E-state index contributed by atoms with van der Waals surface area (Å²) in [5.74, 6) is 1.22. The summed E-state index contributed by atoms with van der Waals surface area (Å²) in [6.07, 6.45) is 2.01. The number of hydrogen-bond donors (Lipinski definition) is 2. The Balaban J connectivity index is 1.49. The van der Waals surface area contributed by atoms with E-state index in [1.807, 2.05) is 43.3 Å². The predicted molar refractivity (Wildman–Crippen MR) is 128 cm³/mol. The number of hydrogen-bond acceptors (Lipinski definition) is 6. The topological polar surface area (TPSA) is 91.3 Å². The average molecular weight is 468 g/mol. The first-order valence-corrected chi connectivity index (χ1v) is 11.8. The summed E-state index contributed by atoms with van der Waals surface area (Å²) in [5.41, 5.74) is 1.07. The van der Waals surface area contributed by atoms with Gasteiger partial charge in [-0.2, -0.15) is 0 Å². The molecule has 182 valence electrons. The minimum Gasteiger partial charge on any atom is -0.504 e. The Morgan fingerprint density at radius 2 is 1.88 bits per heavy atom.